The number of ether oxygens (including phenoxy) is 1. The summed E-state index contributed by atoms with van der Waals surface area (Å²) in [6, 6.07) is 13.6. The van der Waals surface area contributed by atoms with Gasteiger partial charge >= 0.3 is 0 Å². The van der Waals surface area contributed by atoms with Crippen LogP contribution in [0.2, 0.25) is 0 Å². The van der Waals surface area contributed by atoms with E-state index in [9.17, 15) is 8.42 Å². The van der Waals surface area contributed by atoms with Gasteiger partial charge in [0, 0.05) is 23.5 Å². The summed E-state index contributed by atoms with van der Waals surface area (Å²) in [4.78, 5) is 0.233. The molecule has 1 aromatic heterocycles. The van der Waals surface area contributed by atoms with Crippen molar-refractivity contribution in [1.29, 1.82) is 0 Å². The first-order chi connectivity index (χ1) is 12.9. The predicted molar refractivity (Wildman–Crippen MR) is 105 cm³/mol. The summed E-state index contributed by atoms with van der Waals surface area (Å²) in [7, 11) is -3.61. The first-order valence-corrected chi connectivity index (χ1v) is 10.2. The molecule has 0 bridgehead atoms. The minimum absolute atomic E-state index is 0.233. The molecule has 2 aromatic carbocycles. The Morgan fingerprint density at radius 1 is 1.04 bits per heavy atom. The van der Waals surface area contributed by atoms with Crippen LogP contribution >= 0.6 is 0 Å². The van der Waals surface area contributed by atoms with Crippen molar-refractivity contribution >= 4 is 15.7 Å². The van der Waals surface area contributed by atoms with Gasteiger partial charge in [-0.1, -0.05) is 17.7 Å². The molecule has 1 N–H and O–H groups in total. The average Bonchev–Trinajstić information content (AvgIpc) is 3.01. The van der Waals surface area contributed by atoms with Gasteiger partial charge in [0.1, 0.15) is 12.4 Å². The van der Waals surface area contributed by atoms with Crippen molar-refractivity contribution in [2.45, 2.75) is 38.8 Å². The largest absolute Gasteiger partial charge is 0.489 e. The topological polar surface area (TPSA) is 73.2 Å². The van der Waals surface area contributed by atoms with E-state index in [1.54, 1.807) is 48.5 Å². The number of anilines is 1. The van der Waals surface area contributed by atoms with Crippen molar-refractivity contribution in [3.05, 3.63) is 71.5 Å². The lowest BCUT2D eigenvalue weighted by molar-refractivity contribution is 0.305. The van der Waals surface area contributed by atoms with Crippen molar-refractivity contribution in [2.75, 3.05) is 4.72 Å². The van der Waals surface area contributed by atoms with Crippen molar-refractivity contribution in [1.82, 2.24) is 9.78 Å². The van der Waals surface area contributed by atoms with Gasteiger partial charge in [-0.3, -0.25) is 9.40 Å². The van der Waals surface area contributed by atoms with Crippen molar-refractivity contribution in [3.63, 3.8) is 0 Å². The molecule has 0 aliphatic heterocycles. The van der Waals surface area contributed by atoms with Gasteiger partial charge in [-0.25, -0.2) is 8.42 Å². The summed E-state index contributed by atoms with van der Waals surface area (Å²) in [6.07, 6.45) is 1.81. The molecule has 3 aromatic rings. The number of rotatable bonds is 7. The van der Waals surface area contributed by atoms with Crippen LogP contribution in [0, 0.1) is 13.8 Å². The molecule has 3 rings (SSSR count). The number of sulfonamides is 1. The van der Waals surface area contributed by atoms with Crippen LogP contribution in [0.4, 0.5) is 5.69 Å². The van der Waals surface area contributed by atoms with Crippen molar-refractivity contribution in [2.24, 2.45) is 0 Å². The van der Waals surface area contributed by atoms with E-state index < -0.39 is 10.0 Å². The maximum absolute atomic E-state index is 12.4. The van der Waals surface area contributed by atoms with Gasteiger partial charge in [-0.05, 0) is 57.2 Å². The molecular weight excluding hydrogens is 362 g/mol. The number of aryl methyl sites for hydroxylation is 2. The molecule has 27 heavy (non-hydrogen) atoms. The number of aromatic nitrogens is 2. The summed E-state index contributed by atoms with van der Waals surface area (Å²) in [5.74, 6) is 0.664. The Bertz CT molecular complexity index is 1010. The third kappa shape index (κ3) is 4.49. The van der Waals surface area contributed by atoms with E-state index in [-0.39, 0.29) is 4.90 Å². The van der Waals surface area contributed by atoms with Crippen molar-refractivity contribution < 1.29 is 13.2 Å². The van der Waals surface area contributed by atoms with Crippen LogP contribution in [0.5, 0.6) is 5.75 Å². The molecule has 142 valence electrons. The zero-order valence-corrected chi connectivity index (χ0v) is 16.5. The normalized spacial score (nSPS) is 11.4. The molecule has 0 aliphatic carbocycles. The highest BCUT2D eigenvalue weighted by Crippen LogP contribution is 2.21. The third-order valence-corrected chi connectivity index (χ3v) is 5.73. The predicted octanol–water partition coefficient (Wildman–Crippen LogP) is 3.90. The van der Waals surface area contributed by atoms with Crippen molar-refractivity contribution in [3.8, 4) is 5.75 Å². The fourth-order valence-electron chi connectivity index (χ4n) is 2.66. The molecule has 0 saturated carbocycles. The van der Waals surface area contributed by atoms with E-state index >= 15 is 0 Å². The lowest BCUT2D eigenvalue weighted by atomic mass is 10.2. The molecule has 0 spiro atoms. The zero-order chi connectivity index (χ0) is 19.4. The highest BCUT2D eigenvalue weighted by atomic mass is 32.2. The summed E-state index contributed by atoms with van der Waals surface area (Å²) in [5, 5.41) is 4.30. The first kappa shape index (κ1) is 19.0. The number of benzene rings is 2. The number of nitrogens with zero attached hydrogens (tertiary/aromatic N) is 2. The molecular formula is C20H23N3O3S. The molecule has 0 fully saturated rings. The Labute approximate surface area is 159 Å². The first-order valence-electron chi connectivity index (χ1n) is 8.72. The van der Waals surface area contributed by atoms with Gasteiger partial charge in [0.05, 0.1) is 11.1 Å². The summed E-state index contributed by atoms with van der Waals surface area (Å²) >= 11 is 0. The van der Waals surface area contributed by atoms with E-state index in [1.165, 1.54) is 0 Å². The standard InChI is InChI=1S/C20H23N3O3S/c1-4-23-16(3)17(13-21-23)14-26-19-9-7-18(8-10-19)22-27(24,25)20-11-5-15(2)6-12-20/h5-13,22H,4,14H2,1-3H3. The van der Waals surface area contributed by atoms with E-state index in [0.29, 0.717) is 18.0 Å². The fourth-order valence-corrected chi connectivity index (χ4v) is 3.72. The summed E-state index contributed by atoms with van der Waals surface area (Å²) in [5.41, 5.74) is 3.61. The highest BCUT2D eigenvalue weighted by Gasteiger charge is 2.14. The van der Waals surface area contributed by atoms with E-state index in [0.717, 1.165) is 23.4 Å². The van der Waals surface area contributed by atoms with Gasteiger partial charge in [0.15, 0.2) is 0 Å². The third-order valence-electron chi connectivity index (χ3n) is 4.34. The van der Waals surface area contributed by atoms with Crippen LogP contribution in [0.15, 0.2) is 59.6 Å². The quantitative estimate of drug-likeness (QED) is 0.669. The fraction of sp³-hybridized carbons (Fsp3) is 0.250. The van der Waals surface area contributed by atoms with E-state index in [1.807, 2.05) is 31.6 Å². The van der Waals surface area contributed by atoms with Crippen LogP contribution in [0.1, 0.15) is 23.7 Å². The Balaban J connectivity index is 1.64. The molecule has 0 unspecified atom stereocenters. The maximum atomic E-state index is 12.4. The molecule has 0 radical (unpaired) electrons. The number of hydrogen-bond donors (Lipinski definition) is 1. The number of nitrogens with one attached hydrogen (secondary N) is 1. The minimum Gasteiger partial charge on any atom is -0.489 e. The Kier molecular flexibility index (Phi) is 5.51. The smallest absolute Gasteiger partial charge is 0.261 e. The van der Waals surface area contributed by atoms with Gasteiger partial charge < -0.3 is 4.74 Å². The highest BCUT2D eigenvalue weighted by molar-refractivity contribution is 7.92. The molecule has 0 atom stereocenters. The van der Waals surface area contributed by atoms with Crippen LogP contribution in [-0.4, -0.2) is 18.2 Å². The molecule has 7 heteroatoms. The SMILES string of the molecule is CCn1ncc(COc2ccc(NS(=O)(=O)c3ccc(C)cc3)cc2)c1C. The van der Waals surface area contributed by atoms with Gasteiger partial charge in [-0.2, -0.15) is 5.10 Å². The van der Waals surface area contributed by atoms with E-state index in [4.69, 9.17) is 4.74 Å². The van der Waals surface area contributed by atoms with Crippen LogP contribution in [0.3, 0.4) is 0 Å². The average molecular weight is 385 g/mol. The van der Waals surface area contributed by atoms with Crippen LogP contribution in [0.25, 0.3) is 0 Å². The monoisotopic (exact) mass is 385 g/mol. The summed E-state index contributed by atoms with van der Waals surface area (Å²) < 4.78 is 35.1. The summed E-state index contributed by atoms with van der Waals surface area (Å²) in [6.45, 7) is 7.21. The second-order valence-electron chi connectivity index (χ2n) is 6.30. The molecule has 0 saturated heterocycles. The lowest BCUT2D eigenvalue weighted by Crippen LogP contribution is -2.12. The minimum atomic E-state index is -3.61. The molecule has 0 amide bonds. The number of hydrogen-bond acceptors (Lipinski definition) is 4. The molecule has 6 nitrogen and oxygen atoms in total. The van der Waals surface area contributed by atoms with Crippen LogP contribution in [-0.2, 0) is 23.2 Å². The Hall–Kier alpha value is -2.80. The molecule has 0 aliphatic rings. The molecule has 1 heterocycles. The van der Waals surface area contributed by atoms with Crippen LogP contribution < -0.4 is 9.46 Å². The Morgan fingerprint density at radius 3 is 2.30 bits per heavy atom. The van der Waals surface area contributed by atoms with Gasteiger partial charge in [0.25, 0.3) is 10.0 Å². The van der Waals surface area contributed by atoms with Gasteiger partial charge in [-0.15, -0.1) is 0 Å². The second kappa shape index (κ2) is 7.84. The Morgan fingerprint density at radius 2 is 1.70 bits per heavy atom. The zero-order valence-electron chi connectivity index (χ0n) is 15.6. The second-order valence-corrected chi connectivity index (χ2v) is 7.98. The van der Waals surface area contributed by atoms with E-state index in [2.05, 4.69) is 9.82 Å². The lowest BCUT2D eigenvalue weighted by Gasteiger charge is -2.10. The maximum Gasteiger partial charge on any atom is 0.261 e. The van der Waals surface area contributed by atoms with Gasteiger partial charge in [0.2, 0.25) is 0 Å².